The van der Waals surface area contributed by atoms with Crippen LogP contribution in [-0.2, 0) is 4.79 Å². The number of rotatable bonds is 4. The van der Waals surface area contributed by atoms with Crippen LogP contribution in [-0.4, -0.2) is 13.0 Å². The molecule has 3 nitrogen and oxygen atoms in total. The third-order valence-electron chi connectivity index (χ3n) is 2.71. The topological polar surface area (TPSA) is 38.3 Å². The number of ether oxygens (including phenoxy) is 1. The molecular weight excluding hydrogens is 293 g/mol. The van der Waals surface area contributed by atoms with Gasteiger partial charge in [-0.15, -0.1) is 0 Å². The van der Waals surface area contributed by atoms with Gasteiger partial charge >= 0.3 is 0 Å². The zero-order chi connectivity index (χ0) is 15.2. The van der Waals surface area contributed by atoms with E-state index >= 15 is 0 Å². The molecule has 21 heavy (non-hydrogen) atoms. The van der Waals surface area contributed by atoms with E-state index in [2.05, 4.69) is 5.32 Å². The smallest absolute Gasteiger partial charge is 0.248 e. The quantitative estimate of drug-likeness (QED) is 0.862. The van der Waals surface area contributed by atoms with Crippen LogP contribution >= 0.6 is 11.6 Å². The number of benzene rings is 2. The van der Waals surface area contributed by atoms with Crippen molar-refractivity contribution >= 4 is 29.3 Å². The van der Waals surface area contributed by atoms with Crippen molar-refractivity contribution in [2.75, 3.05) is 12.4 Å². The monoisotopic (exact) mass is 305 g/mol. The van der Waals surface area contributed by atoms with Crippen molar-refractivity contribution in [2.24, 2.45) is 0 Å². The fraction of sp³-hybridized carbons (Fsp3) is 0.0625. The van der Waals surface area contributed by atoms with E-state index in [0.29, 0.717) is 10.8 Å². The number of amides is 1. The molecule has 2 aromatic carbocycles. The number of carbonyl (C=O) groups excluding carboxylic acids is 1. The van der Waals surface area contributed by atoms with E-state index < -0.39 is 11.7 Å². The maximum absolute atomic E-state index is 13.5. The zero-order valence-electron chi connectivity index (χ0n) is 11.3. The molecule has 0 aromatic heterocycles. The first-order valence-corrected chi connectivity index (χ1v) is 6.54. The Morgan fingerprint density at radius 1 is 1.29 bits per heavy atom. The molecule has 0 saturated carbocycles. The summed E-state index contributed by atoms with van der Waals surface area (Å²) in [4.78, 5) is 11.8. The number of nitrogens with one attached hydrogen (secondary N) is 1. The lowest BCUT2D eigenvalue weighted by atomic mass is 10.2. The Kier molecular flexibility index (Phi) is 4.95. The zero-order valence-corrected chi connectivity index (χ0v) is 12.0. The van der Waals surface area contributed by atoms with Crippen LogP contribution < -0.4 is 10.1 Å². The fourth-order valence-corrected chi connectivity index (χ4v) is 1.86. The second-order valence-corrected chi connectivity index (χ2v) is 4.66. The molecule has 5 heteroatoms. The van der Waals surface area contributed by atoms with Gasteiger partial charge in [-0.3, -0.25) is 4.79 Å². The van der Waals surface area contributed by atoms with Crippen molar-refractivity contribution in [1.29, 1.82) is 0 Å². The highest BCUT2D eigenvalue weighted by molar-refractivity contribution is 6.30. The lowest BCUT2D eigenvalue weighted by molar-refractivity contribution is -0.111. The Hall–Kier alpha value is -2.33. The molecule has 2 rings (SSSR count). The summed E-state index contributed by atoms with van der Waals surface area (Å²) < 4.78 is 18.6. The third kappa shape index (κ3) is 4.33. The second-order valence-electron chi connectivity index (χ2n) is 4.22. The lowest BCUT2D eigenvalue weighted by Gasteiger charge is -2.04. The minimum atomic E-state index is -0.539. The van der Waals surface area contributed by atoms with Gasteiger partial charge in [0.1, 0.15) is 11.6 Å². The van der Waals surface area contributed by atoms with Gasteiger partial charge < -0.3 is 10.1 Å². The Bertz CT molecular complexity index is 686. The van der Waals surface area contributed by atoms with E-state index in [9.17, 15) is 9.18 Å². The fourth-order valence-electron chi connectivity index (χ4n) is 1.68. The summed E-state index contributed by atoms with van der Waals surface area (Å²) in [6, 6.07) is 11.2. The lowest BCUT2D eigenvalue weighted by Crippen LogP contribution is -2.09. The van der Waals surface area contributed by atoms with Crippen molar-refractivity contribution in [3.63, 3.8) is 0 Å². The molecule has 0 fully saturated rings. The molecule has 108 valence electrons. The van der Waals surface area contributed by atoms with E-state index in [-0.39, 0.29) is 5.69 Å². The average Bonchev–Trinajstić information content (AvgIpc) is 2.49. The normalized spacial score (nSPS) is 10.6. The summed E-state index contributed by atoms with van der Waals surface area (Å²) in [5.41, 5.74) is 0.846. The second kappa shape index (κ2) is 6.90. The third-order valence-corrected chi connectivity index (χ3v) is 2.94. The summed E-state index contributed by atoms with van der Waals surface area (Å²) in [7, 11) is 1.57. The van der Waals surface area contributed by atoms with E-state index in [1.165, 1.54) is 24.3 Å². The van der Waals surface area contributed by atoms with Crippen molar-refractivity contribution in [1.82, 2.24) is 0 Å². The van der Waals surface area contributed by atoms with Gasteiger partial charge in [-0.25, -0.2) is 4.39 Å². The predicted molar refractivity (Wildman–Crippen MR) is 82.1 cm³/mol. The number of methoxy groups -OCH3 is 1. The van der Waals surface area contributed by atoms with Crippen molar-refractivity contribution in [3.8, 4) is 5.75 Å². The van der Waals surface area contributed by atoms with Crippen molar-refractivity contribution in [3.05, 3.63) is 64.9 Å². The molecule has 0 spiro atoms. The molecular formula is C16H13ClFNO2. The van der Waals surface area contributed by atoms with E-state index in [1.54, 1.807) is 25.3 Å². The molecule has 1 amide bonds. The molecule has 0 aliphatic rings. The molecule has 0 radical (unpaired) electrons. The highest BCUT2D eigenvalue weighted by Crippen LogP contribution is 2.19. The van der Waals surface area contributed by atoms with Crippen LogP contribution in [0.2, 0.25) is 5.02 Å². The van der Waals surface area contributed by atoms with Gasteiger partial charge in [-0.1, -0.05) is 23.7 Å². The van der Waals surface area contributed by atoms with Gasteiger partial charge in [0.2, 0.25) is 5.91 Å². The number of hydrogen-bond donors (Lipinski definition) is 1. The van der Waals surface area contributed by atoms with Gasteiger partial charge in [-0.2, -0.15) is 0 Å². The first-order chi connectivity index (χ1) is 10.1. The Labute approximate surface area is 127 Å². The van der Waals surface area contributed by atoms with Gasteiger partial charge in [0.15, 0.2) is 0 Å². The Morgan fingerprint density at radius 2 is 2.10 bits per heavy atom. The minimum Gasteiger partial charge on any atom is -0.497 e. The molecule has 0 aliphatic heterocycles. The van der Waals surface area contributed by atoms with Gasteiger partial charge in [0.05, 0.1) is 12.8 Å². The Morgan fingerprint density at radius 3 is 2.86 bits per heavy atom. The summed E-state index contributed by atoms with van der Waals surface area (Å²) in [6.45, 7) is 0. The van der Waals surface area contributed by atoms with Crippen molar-refractivity contribution < 1.29 is 13.9 Å². The number of anilines is 1. The SMILES string of the molecule is COc1cccc(C=CC(=O)Nc2cc(Cl)ccc2F)c1. The molecule has 0 atom stereocenters. The van der Waals surface area contributed by atoms with Crippen LogP contribution in [0, 0.1) is 5.82 Å². The van der Waals surface area contributed by atoms with E-state index in [1.807, 2.05) is 12.1 Å². The molecule has 0 heterocycles. The largest absolute Gasteiger partial charge is 0.497 e. The van der Waals surface area contributed by atoms with Crippen LogP contribution in [0.5, 0.6) is 5.75 Å². The minimum absolute atomic E-state index is 0.0443. The number of halogens is 2. The predicted octanol–water partition coefficient (Wildman–Crippen LogP) is 4.14. The summed E-state index contributed by atoms with van der Waals surface area (Å²) in [5, 5.41) is 2.78. The van der Waals surface area contributed by atoms with Crippen LogP contribution in [0.3, 0.4) is 0 Å². The molecule has 0 unspecified atom stereocenters. The van der Waals surface area contributed by atoms with Crippen LogP contribution in [0.4, 0.5) is 10.1 Å². The summed E-state index contributed by atoms with van der Waals surface area (Å²) in [5.74, 6) is -0.292. The van der Waals surface area contributed by atoms with Crippen molar-refractivity contribution in [2.45, 2.75) is 0 Å². The molecule has 0 saturated heterocycles. The van der Waals surface area contributed by atoms with Crippen LogP contribution in [0.15, 0.2) is 48.5 Å². The van der Waals surface area contributed by atoms with Gasteiger partial charge in [0, 0.05) is 11.1 Å². The highest BCUT2D eigenvalue weighted by atomic mass is 35.5. The summed E-state index contributed by atoms with van der Waals surface area (Å²) >= 11 is 5.76. The van der Waals surface area contributed by atoms with E-state index in [0.717, 1.165) is 5.56 Å². The van der Waals surface area contributed by atoms with Crippen LogP contribution in [0.25, 0.3) is 6.08 Å². The maximum Gasteiger partial charge on any atom is 0.248 e. The molecule has 2 aromatic rings. The number of hydrogen-bond acceptors (Lipinski definition) is 2. The highest BCUT2D eigenvalue weighted by Gasteiger charge is 2.05. The molecule has 0 aliphatic carbocycles. The molecule has 1 N–H and O–H groups in total. The van der Waals surface area contributed by atoms with E-state index in [4.69, 9.17) is 16.3 Å². The molecule has 0 bridgehead atoms. The first-order valence-electron chi connectivity index (χ1n) is 6.16. The maximum atomic E-state index is 13.5. The summed E-state index contributed by atoms with van der Waals surface area (Å²) in [6.07, 6.45) is 2.93. The Balaban J connectivity index is 2.07. The average molecular weight is 306 g/mol. The standard InChI is InChI=1S/C16H13ClFNO2/c1-21-13-4-2-3-11(9-13)5-8-16(20)19-15-10-12(17)6-7-14(15)18/h2-10H,1H3,(H,19,20). The number of carbonyl (C=O) groups is 1. The van der Waals surface area contributed by atoms with Crippen LogP contribution in [0.1, 0.15) is 5.56 Å². The first kappa shape index (κ1) is 15.1. The van der Waals surface area contributed by atoms with Gasteiger partial charge in [-0.05, 0) is 42.0 Å². The van der Waals surface area contributed by atoms with Gasteiger partial charge in [0.25, 0.3) is 0 Å².